The van der Waals surface area contributed by atoms with E-state index in [1.54, 1.807) is 19.1 Å². The minimum absolute atomic E-state index is 0.0708. The molecule has 22 heavy (non-hydrogen) atoms. The van der Waals surface area contributed by atoms with Crippen molar-refractivity contribution in [2.45, 2.75) is 26.2 Å². The van der Waals surface area contributed by atoms with Gasteiger partial charge in [-0.3, -0.25) is 4.79 Å². The van der Waals surface area contributed by atoms with Crippen molar-refractivity contribution in [2.24, 2.45) is 0 Å². The van der Waals surface area contributed by atoms with Gasteiger partial charge in [0.15, 0.2) is 5.82 Å². The maximum atomic E-state index is 11.7. The highest BCUT2D eigenvalue weighted by molar-refractivity contribution is 5.87. The fourth-order valence-corrected chi connectivity index (χ4v) is 1.91. The summed E-state index contributed by atoms with van der Waals surface area (Å²) in [6, 6.07) is 6.51. The summed E-state index contributed by atoms with van der Waals surface area (Å²) in [5.41, 5.74) is 1.16. The lowest BCUT2D eigenvalue weighted by Gasteiger charge is -2.04. The maximum Gasteiger partial charge on any atom is 0.335 e. The van der Waals surface area contributed by atoms with Crippen LogP contribution in [0.25, 0.3) is 0 Å². The van der Waals surface area contributed by atoms with Crippen molar-refractivity contribution < 1.29 is 19.2 Å². The molecule has 1 heterocycles. The van der Waals surface area contributed by atoms with Crippen LogP contribution in [0.5, 0.6) is 0 Å². The molecule has 0 spiro atoms. The fourth-order valence-electron chi connectivity index (χ4n) is 1.91. The average molecular weight is 303 g/mol. The van der Waals surface area contributed by atoms with Gasteiger partial charge in [0.05, 0.1) is 5.56 Å². The molecule has 0 radical (unpaired) electrons. The van der Waals surface area contributed by atoms with E-state index in [1.165, 1.54) is 12.1 Å². The van der Waals surface area contributed by atoms with E-state index in [4.69, 9.17) is 9.63 Å². The van der Waals surface area contributed by atoms with Gasteiger partial charge in [-0.05, 0) is 31.0 Å². The summed E-state index contributed by atoms with van der Waals surface area (Å²) in [5.74, 6) is 0.0484. The third-order valence-corrected chi connectivity index (χ3v) is 3.07. The number of benzene rings is 1. The Labute approximate surface area is 127 Å². The summed E-state index contributed by atoms with van der Waals surface area (Å²) in [6.45, 7) is 2.18. The summed E-state index contributed by atoms with van der Waals surface area (Å²) < 4.78 is 4.95. The van der Waals surface area contributed by atoms with Crippen molar-refractivity contribution >= 4 is 11.9 Å². The van der Waals surface area contributed by atoms with E-state index >= 15 is 0 Å². The Morgan fingerprint density at radius 3 is 2.55 bits per heavy atom. The van der Waals surface area contributed by atoms with Gasteiger partial charge in [-0.2, -0.15) is 4.98 Å². The molecule has 7 heteroatoms. The number of rotatable bonds is 7. The van der Waals surface area contributed by atoms with Crippen LogP contribution >= 0.6 is 0 Å². The SMILES string of the molecule is Cc1noc(CCNC(=O)CCc2ccc(C(=O)O)cc2)n1. The van der Waals surface area contributed by atoms with Crippen LogP contribution < -0.4 is 5.32 Å². The predicted octanol–water partition coefficient (Wildman–Crippen LogP) is 1.37. The summed E-state index contributed by atoms with van der Waals surface area (Å²) in [5, 5.41) is 15.3. The molecular formula is C15H17N3O4. The highest BCUT2D eigenvalue weighted by Gasteiger charge is 2.06. The predicted molar refractivity (Wildman–Crippen MR) is 77.5 cm³/mol. The first kappa shape index (κ1) is 15.7. The third kappa shape index (κ3) is 4.69. The van der Waals surface area contributed by atoms with Crippen molar-refractivity contribution in [3.63, 3.8) is 0 Å². The Balaban J connectivity index is 1.69. The smallest absolute Gasteiger partial charge is 0.335 e. The Morgan fingerprint density at radius 2 is 1.95 bits per heavy atom. The normalized spacial score (nSPS) is 10.4. The van der Waals surface area contributed by atoms with Crippen LogP contribution in [0.15, 0.2) is 28.8 Å². The van der Waals surface area contributed by atoms with E-state index < -0.39 is 5.97 Å². The highest BCUT2D eigenvalue weighted by atomic mass is 16.5. The number of aromatic carboxylic acids is 1. The lowest BCUT2D eigenvalue weighted by molar-refractivity contribution is -0.121. The summed E-state index contributed by atoms with van der Waals surface area (Å²) >= 11 is 0. The lowest BCUT2D eigenvalue weighted by Crippen LogP contribution is -2.25. The van der Waals surface area contributed by atoms with Crippen molar-refractivity contribution in [2.75, 3.05) is 6.54 Å². The van der Waals surface area contributed by atoms with Gasteiger partial charge in [0, 0.05) is 19.4 Å². The average Bonchev–Trinajstić information content (AvgIpc) is 2.91. The molecule has 0 bridgehead atoms. The first-order valence-corrected chi connectivity index (χ1v) is 6.92. The van der Waals surface area contributed by atoms with Crippen LogP contribution in [0.3, 0.4) is 0 Å². The Hall–Kier alpha value is -2.70. The number of carbonyl (C=O) groups is 2. The van der Waals surface area contributed by atoms with Crippen LogP contribution in [-0.2, 0) is 17.6 Å². The standard InChI is InChI=1S/C15H17N3O4/c1-10-17-14(22-18-10)8-9-16-13(19)7-4-11-2-5-12(6-3-11)15(20)21/h2-3,5-6H,4,7-9H2,1H3,(H,16,19)(H,20,21). The van der Waals surface area contributed by atoms with Crippen LogP contribution in [0, 0.1) is 6.92 Å². The zero-order valence-electron chi connectivity index (χ0n) is 12.2. The van der Waals surface area contributed by atoms with Crippen molar-refractivity contribution in [3.8, 4) is 0 Å². The number of carboxylic acids is 1. The third-order valence-electron chi connectivity index (χ3n) is 3.07. The molecule has 1 amide bonds. The molecule has 0 aliphatic heterocycles. The second kappa shape index (κ2) is 7.35. The summed E-state index contributed by atoms with van der Waals surface area (Å²) in [4.78, 5) is 26.5. The van der Waals surface area contributed by atoms with Crippen LogP contribution in [-0.4, -0.2) is 33.7 Å². The van der Waals surface area contributed by atoms with E-state index in [0.717, 1.165) is 5.56 Å². The molecule has 0 aliphatic rings. The molecule has 1 aromatic carbocycles. The van der Waals surface area contributed by atoms with E-state index in [0.29, 0.717) is 37.5 Å². The number of nitrogens with one attached hydrogen (secondary N) is 1. The Morgan fingerprint density at radius 1 is 1.23 bits per heavy atom. The molecule has 2 aromatic rings. The minimum atomic E-state index is -0.958. The van der Waals surface area contributed by atoms with Crippen LogP contribution in [0.2, 0.25) is 0 Å². The molecule has 0 aliphatic carbocycles. The number of nitrogens with zero attached hydrogens (tertiary/aromatic N) is 2. The molecule has 0 unspecified atom stereocenters. The quantitative estimate of drug-likeness (QED) is 0.800. The molecular weight excluding hydrogens is 286 g/mol. The molecule has 2 rings (SSSR count). The van der Waals surface area contributed by atoms with E-state index in [1.807, 2.05) is 0 Å². The van der Waals surface area contributed by atoms with Gasteiger partial charge in [0.2, 0.25) is 11.8 Å². The van der Waals surface area contributed by atoms with Gasteiger partial charge in [0.25, 0.3) is 0 Å². The number of carboxylic acid groups (broad SMARTS) is 1. The largest absolute Gasteiger partial charge is 0.478 e. The minimum Gasteiger partial charge on any atom is -0.478 e. The first-order chi connectivity index (χ1) is 10.5. The second-order valence-corrected chi connectivity index (χ2v) is 4.84. The molecule has 2 N–H and O–H groups in total. The van der Waals surface area contributed by atoms with Crippen molar-refractivity contribution in [3.05, 3.63) is 47.1 Å². The van der Waals surface area contributed by atoms with Gasteiger partial charge in [0.1, 0.15) is 0 Å². The molecule has 0 saturated carbocycles. The number of carbonyl (C=O) groups excluding carboxylic acids is 1. The van der Waals surface area contributed by atoms with Gasteiger partial charge >= 0.3 is 5.97 Å². The monoisotopic (exact) mass is 303 g/mol. The number of amides is 1. The van der Waals surface area contributed by atoms with Crippen LogP contribution in [0.4, 0.5) is 0 Å². The van der Waals surface area contributed by atoms with Gasteiger partial charge in [-0.1, -0.05) is 17.3 Å². The van der Waals surface area contributed by atoms with Gasteiger partial charge in [-0.15, -0.1) is 0 Å². The molecule has 116 valence electrons. The van der Waals surface area contributed by atoms with Gasteiger partial charge in [-0.25, -0.2) is 4.79 Å². The van der Waals surface area contributed by atoms with Crippen molar-refractivity contribution in [1.82, 2.24) is 15.5 Å². The van der Waals surface area contributed by atoms with Crippen molar-refractivity contribution in [1.29, 1.82) is 0 Å². The number of aromatic nitrogens is 2. The fraction of sp³-hybridized carbons (Fsp3) is 0.333. The zero-order chi connectivity index (χ0) is 15.9. The van der Waals surface area contributed by atoms with Crippen LogP contribution in [0.1, 0.15) is 34.1 Å². The maximum absolute atomic E-state index is 11.7. The highest BCUT2D eigenvalue weighted by Crippen LogP contribution is 2.07. The molecule has 7 nitrogen and oxygen atoms in total. The number of hydrogen-bond donors (Lipinski definition) is 2. The molecule has 0 fully saturated rings. The molecule has 0 saturated heterocycles. The van der Waals surface area contributed by atoms with Gasteiger partial charge < -0.3 is 14.9 Å². The number of hydrogen-bond acceptors (Lipinski definition) is 5. The zero-order valence-corrected chi connectivity index (χ0v) is 12.2. The lowest BCUT2D eigenvalue weighted by atomic mass is 10.1. The summed E-state index contributed by atoms with van der Waals surface area (Å²) in [6.07, 6.45) is 1.40. The first-order valence-electron chi connectivity index (χ1n) is 6.92. The second-order valence-electron chi connectivity index (χ2n) is 4.84. The molecule has 0 atom stereocenters. The van der Waals surface area contributed by atoms with E-state index in [2.05, 4.69) is 15.5 Å². The molecule has 1 aromatic heterocycles. The van der Waals surface area contributed by atoms with E-state index in [9.17, 15) is 9.59 Å². The Bertz CT molecular complexity index is 649. The summed E-state index contributed by atoms with van der Waals surface area (Å²) in [7, 11) is 0. The number of aryl methyl sites for hydroxylation is 2. The van der Waals surface area contributed by atoms with E-state index in [-0.39, 0.29) is 11.5 Å². The topological polar surface area (TPSA) is 105 Å². The Kier molecular flexibility index (Phi) is 5.24.